The van der Waals surface area contributed by atoms with Crippen LogP contribution in [0.5, 0.6) is 5.88 Å². The van der Waals surface area contributed by atoms with Crippen LogP contribution in [0, 0.1) is 6.92 Å². The molecule has 0 saturated heterocycles. The Morgan fingerprint density at radius 2 is 1.91 bits per heavy atom. The molecule has 0 aliphatic carbocycles. The number of sulfone groups is 1. The van der Waals surface area contributed by atoms with E-state index in [0.717, 1.165) is 4.57 Å². The third-order valence-corrected chi connectivity index (χ3v) is 5.10. The molecule has 0 spiro atoms. The first-order valence-corrected chi connectivity index (χ1v) is 8.49. The van der Waals surface area contributed by atoms with Gasteiger partial charge in [0, 0.05) is 26.4 Å². The quantitative estimate of drug-likeness (QED) is 0.722. The Labute approximate surface area is 129 Å². The van der Waals surface area contributed by atoms with E-state index in [1.54, 1.807) is 14.1 Å². The highest BCUT2D eigenvalue weighted by Crippen LogP contribution is 2.25. The number of nitrogens with two attached hydrogens (primary N) is 1. The summed E-state index contributed by atoms with van der Waals surface area (Å²) >= 11 is 0. The van der Waals surface area contributed by atoms with Crippen LogP contribution in [-0.4, -0.2) is 49.6 Å². The van der Waals surface area contributed by atoms with Gasteiger partial charge in [0.2, 0.25) is 5.88 Å². The van der Waals surface area contributed by atoms with Crippen molar-refractivity contribution >= 4 is 21.4 Å². The number of aromatic nitrogens is 1. The molecule has 1 aromatic heterocycles. The van der Waals surface area contributed by atoms with Crippen LogP contribution in [0.1, 0.15) is 22.8 Å². The van der Waals surface area contributed by atoms with E-state index >= 15 is 0 Å². The van der Waals surface area contributed by atoms with Gasteiger partial charge in [0.15, 0.2) is 9.84 Å². The number of rotatable bonds is 6. The third kappa shape index (κ3) is 3.41. The molecule has 0 saturated carbocycles. The number of primary amides is 1. The van der Waals surface area contributed by atoms with Gasteiger partial charge in [-0.2, -0.15) is 0 Å². The normalized spacial score (nSPS) is 11.5. The molecule has 1 amide bonds. The highest BCUT2D eigenvalue weighted by Gasteiger charge is 2.24. The van der Waals surface area contributed by atoms with Gasteiger partial charge in [-0.05, 0) is 12.5 Å². The molecule has 1 heterocycles. The molecule has 0 radical (unpaired) electrons. The smallest absolute Gasteiger partial charge is 0.277 e. The van der Waals surface area contributed by atoms with Crippen molar-refractivity contribution in [3.63, 3.8) is 0 Å². The lowest BCUT2D eigenvalue weighted by atomic mass is 10.1. The van der Waals surface area contributed by atoms with E-state index in [2.05, 4.69) is 0 Å². The van der Waals surface area contributed by atoms with E-state index in [1.165, 1.54) is 18.7 Å². The van der Waals surface area contributed by atoms with Crippen LogP contribution in [-0.2, 0) is 16.4 Å². The van der Waals surface area contributed by atoms with E-state index in [-0.39, 0.29) is 34.9 Å². The minimum absolute atomic E-state index is 0.0718. The average molecular weight is 331 g/mol. The van der Waals surface area contributed by atoms with Crippen LogP contribution in [0.15, 0.2) is 4.79 Å². The Hall–Kier alpha value is -2.03. The number of carbonyl (C=O) groups excluding carboxylic acids is 1. The van der Waals surface area contributed by atoms with Crippen molar-refractivity contribution in [1.29, 1.82) is 0 Å². The Morgan fingerprint density at radius 1 is 1.36 bits per heavy atom. The summed E-state index contributed by atoms with van der Waals surface area (Å²) in [6.45, 7) is 2.75. The highest BCUT2D eigenvalue weighted by molar-refractivity contribution is 7.91. The third-order valence-electron chi connectivity index (χ3n) is 3.42. The zero-order chi connectivity index (χ0) is 17.2. The van der Waals surface area contributed by atoms with Crippen molar-refractivity contribution in [2.24, 2.45) is 5.73 Å². The van der Waals surface area contributed by atoms with Crippen molar-refractivity contribution in [3.05, 3.63) is 21.5 Å². The van der Waals surface area contributed by atoms with E-state index in [0.29, 0.717) is 0 Å². The lowest BCUT2D eigenvalue weighted by molar-refractivity contribution is 0.0995. The SMILES string of the molecule is CCS(=O)(=O)CCn1c(O)c(C(N)=O)c(C)c(N(C)C)c1=O. The second-order valence-electron chi connectivity index (χ2n) is 5.12. The molecule has 22 heavy (non-hydrogen) atoms. The lowest BCUT2D eigenvalue weighted by Crippen LogP contribution is -2.33. The van der Waals surface area contributed by atoms with E-state index in [9.17, 15) is 23.1 Å². The van der Waals surface area contributed by atoms with Crippen LogP contribution in [0.2, 0.25) is 0 Å². The molecule has 1 rings (SSSR count). The number of aromatic hydroxyl groups is 1. The van der Waals surface area contributed by atoms with Crippen molar-refractivity contribution in [2.45, 2.75) is 20.4 Å². The molecule has 0 aliphatic heterocycles. The number of amides is 1. The van der Waals surface area contributed by atoms with Gasteiger partial charge in [0.1, 0.15) is 11.3 Å². The first kappa shape index (κ1) is 18.0. The summed E-state index contributed by atoms with van der Waals surface area (Å²) in [5.74, 6) is -1.88. The van der Waals surface area contributed by atoms with Gasteiger partial charge in [-0.15, -0.1) is 0 Å². The maximum Gasteiger partial charge on any atom is 0.277 e. The molecular formula is C13H21N3O5S. The minimum atomic E-state index is -3.33. The summed E-state index contributed by atoms with van der Waals surface area (Å²) in [6.07, 6.45) is 0. The Kier molecular flexibility index (Phi) is 5.23. The van der Waals surface area contributed by atoms with Crippen LogP contribution in [0.25, 0.3) is 0 Å². The molecular weight excluding hydrogens is 310 g/mol. The molecule has 124 valence electrons. The van der Waals surface area contributed by atoms with Gasteiger partial charge >= 0.3 is 0 Å². The second kappa shape index (κ2) is 6.39. The Bertz CT molecular complexity index is 750. The predicted molar refractivity (Wildman–Crippen MR) is 84.3 cm³/mol. The summed E-state index contributed by atoms with van der Waals surface area (Å²) in [5, 5.41) is 10.1. The molecule has 0 fully saturated rings. The first-order chi connectivity index (χ1) is 10.0. The summed E-state index contributed by atoms with van der Waals surface area (Å²) in [7, 11) is -0.109. The second-order valence-corrected chi connectivity index (χ2v) is 7.60. The van der Waals surface area contributed by atoms with Crippen LogP contribution >= 0.6 is 0 Å². The Morgan fingerprint density at radius 3 is 2.32 bits per heavy atom. The fraction of sp³-hybridized carbons (Fsp3) is 0.538. The standard InChI is InChI=1S/C13H21N3O5S/c1-5-22(20,21)7-6-16-12(18)9(11(14)17)8(2)10(13(16)19)15(3)4/h18H,5-7H2,1-4H3,(H2,14,17). The zero-order valence-corrected chi connectivity index (χ0v) is 13.9. The molecule has 0 unspecified atom stereocenters. The summed E-state index contributed by atoms with van der Waals surface area (Å²) in [4.78, 5) is 25.5. The molecule has 0 bridgehead atoms. The molecule has 0 aliphatic rings. The largest absolute Gasteiger partial charge is 0.494 e. The van der Waals surface area contributed by atoms with Crippen molar-refractivity contribution in [1.82, 2.24) is 4.57 Å². The molecule has 3 N–H and O–H groups in total. The van der Waals surface area contributed by atoms with Gasteiger partial charge in [-0.1, -0.05) is 6.92 Å². The van der Waals surface area contributed by atoms with Gasteiger partial charge in [0.25, 0.3) is 11.5 Å². The first-order valence-electron chi connectivity index (χ1n) is 6.67. The number of nitrogens with zero attached hydrogens (tertiary/aromatic N) is 2. The number of hydrogen-bond donors (Lipinski definition) is 2. The van der Waals surface area contributed by atoms with Gasteiger partial charge < -0.3 is 15.7 Å². The number of pyridine rings is 1. The van der Waals surface area contributed by atoms with Gasteiger partial charge in [-0.25, -0.2) is 8.42 Å². The number of carbonyl (C=O) groups is 1. The minimum Gasteiger partial charge on any atom is -0.494 e. The molecule has 8 nitrogen and oxygen atoms in total. The highest BCUT2D eigenvalue weighted by atomic mass is 32.2. The molecule has 0 atom stereocenters. The maximum absolute atomic E-state index is 12.4. The summed E-state index contributed by atoms with van der Waals surface area (Å²) in [5.41, 5.74) is 4.94. The van der Waals surface area contributed by atoms with Crippen LogP contribution in [0.3, 0.4) is 0 Å². The topological polar surface area (TPSA) is 123 Å². The van der Waals surface area contributed by atoms with Crippen LogP contribution in [0.4, 0.5) is 5.69 Å². The fourth-order valence-corrected chi connectivity index (χ4v) is 2.96. The molecule has 0 aromatic carbocycles. The monoisotopic (exact) mass is 331 g/mol. The number of anilines is 1. The fourth-order valence-electron chi connectivity index (χ4n) is 2.21. The molecule has 1 aromatic rings. The van der Waals surface area contributed by atoms with E-state index in [4.69, 9.17) is 5.73 Å². The predicted octanol–water partition coefficient (Wildman–Crippen LogP) is -0.538. The van der Waals surface area contributed by atoms with Crippen molar-refractivity contribution in [2.75, 3.05) is 30.5 Å². The van der Waals surface area contributed by atoms with Crippen molar-refractivity contribution in [3.8, 4) is 5.88 Å². The average Bonchev–Trinajstić information content (AvgIpc) is 2.37. The molecule has 9 heteroatoms. The summed E-state index contributed by atoms with van der Waals surface area (Å²) in [6, 6.07) is 0. The van der Waals surface area contributed by atoms with E-state index < -0.39 is 27.2 Å². The van der Waals surface area contributed by atoms with E-state index in [1.807, 2.05) is 0 Å². The summed E-state index contributed by atoms with van der Waals surface area (Å²) < 4.78 is 24.1. The Balaban J connectivity index is 3.57. The van der Waals surface area contributed by atoms with Crippen LogP contribution < -0.4 is 16.2 Å². The zero-order valence-electron chi connectivity index (χ0n) is 13.1. The van der Waals surface area contributed by atoms with Gasteiger partial charge in [-0.3, -0.25) is 14.2 Å². The maximum atomic E-state index is 12.4. The lowest BCUT2D eigenvalue weighted by Gasteiger charge is -2.20. The van der Waals surface area contributed by atoms with Gasteiger partial charge in [0.05, 0.1) is 5.75 Å². The number of hydrogen-bond acceptors (Lipinski definition) is 6. The van der Waals surface area contributed by atoms with Crippen molar-refractivity contribution < 1.29 is 18.3 Å².